The van der Waals surface area contributed by atoms with Crippen molar-refractivity contribution < 1.29 is 19.4 Å². The van der Waals surface area contributed by atoms with Crippen LogP contribution in [0.1, 0.15) is 5.56 Å². The molecule has 1 unspecified atom stereocenters. The SMILES string of the molecule is Nc1ncnc2cc(CN3CCN(C(=O)COc4cc(Cl)cs4)C(CO)C3=O)ccc12. The number of aliphatic hydroxyl groups excluding tert-OH is 1. The van der Waals surface area contributed by atoms with Crippen LogP contribution in [0.25, 0.3) is 10.9 Å². The molecule has 0 aliphatic carbocycles. The Hall–Kier alpha value is -2.95. The molecule has 1 aromatic carbocycles. The summed E-state index contributed by atoms with van der Waals surface area (Å²) in [7, 11) is 0. The second-order valence-electron chi connectivity index (χ2n) is 7.03. The summed E-state index contributed by atoms with van der Waals surface area (Å²) in [6.07, 6.45) is 1.39. The smallest absolute Gasteiger partial charge is 0.261 e. The molecule has 2 amide bonds. The van der Waals surface area contributed by atoms with Gasteiger partial charge in [0.05, 0.1) is 17.1 Å². The second kappa shape index (κ2) is 9.04. The van der Waals surface area contributed by atoms with Gasteiger partial charge in [0, 0.05) is 36.5 Å². The Bertz CT molecular complexity index is 1120. The number of halogens is 1. The zero-order valence-electron chi connectivity index (χ0n) is 16.4. The maximum absolute atomic E-state index is 12.9. The number of fused-ring (bicyclic) bond motifs is 1. The normalized spacial score (nSPS) is 16.7. The number of nitrogen functional groups attached to an aromatic ring is 1. The van der Waals surface area contributed by atoms with E-state index in [1.165, 1.54) is 22.6 Å². The number of amides is 2. The van der Waals surface area contributed by atoms with Crippen LogP contribution in [-0.2, 0) is 16.1 Å². The van der Waals surface area contributed by atoms with E-state index in [9.17, 15) is 14.7 Å². The number of nitrogens with two attached hydrogens (primary N) is 1. The lowest BCUT2D eigenvalue weighted by atomic mass is 10.1. The third-order valence-electron chi connectivity index (χ3n) is 5.06. The molecule has 162 valence electrons. The molecule has 1 aliphatic rings. The van der Waals surface area contributed by atoms with E-state index >= 15 is 0 Å². The van der Waals surface area contributed by atoms with Gasteiger partial charge in [0.25, 0.3) is 5.91 Å². The van der Waals surface area contributed by atoms with E-state index in [0.29, 0.717) is 41.1 Å². The summed E-state index contributed by atoms with van der Waals surface area (Å²) in [5.41, 5.74) is 7.42. The Labute approximate surface area is 187 Å². The number of aromatic nitrogens is 2. The van der Waals surface area contributed by atoms with Gasteiger partial charge >= 0.3 is 0 Å². The number of carbonyl (C=O) groups excluding carboxylic acids is 2. The fraction of sp³-hybridized carbons (Fsp3) is 0.300. The van der Waals surface area contributed by atoms with Gasteiger partial charge in [-0.3, -0.25) is 9.59 Å². The van der Waals surface area contributed by atoms with Crippen molar-refractivity contribution in [1.82, 2.24) is 19.8 Å². The Morgan fingerprint density at radius 3 is 2.90 bits per heavy atom. The molecule has 1 aliphatic heterocycles. The highest BCUT2D eigenvalue weighted by Gasteiger charge is 2.37. The van der Waals surface area contributed by atoms with Gasteiger partial charge in [-0.05, 0) is 17.7 Å². The fourth-order valence-electron chi connectivity index (χ4n) is 3.50. The standard InChI is InChI=1S/C20H20ClN5O4S/c21-13-6-18(31-10-13)30-9-17(28)26-4-3-25(20(29)16(26)8-27)7-12-1-2-14-15(5-12)23-11-24-19(14)22/h1-2,5-6,10-11,16,27H,3-4,7-9H2,(H2,22,23,24). The average molecular weight is 462 g/mol. The molecule has 4 rings (SSSR count). The molecule has 9 nitrogen and oxygen atoms in total. The minimum absolute atomic E-state index is 0.230. The largest absolute Gasteiger partial charge is 0.474 e. The summed E-state index contributed by atoms with van der Waals surface area (Å²) in [6, 6.07) is 6.21. The number of ether oxygens (including phenoxy) is 1. The van der Waals surface area contributed by atoms with Crippen LogP contribution in [-0.4, -0.2) is 69.0 Å². The molecule has 1 saturated heterocycles. The highest BCUT2D eigenvalue weighted by molar-refractivity contribution is 7.12. The van der Waals surface area contributed by atoms with Crippen LogP contribution in [0.3, 0.4) is 0 Å². The summed E-state index contributed by atoms with van der Waals surface area (Å²) in [6.45, 7) is 0.282. The molecule has 31 heavy (non-hydrogen) atoms. The molecule has 2 aromatic heterocycles. The fourth-order valence-corrected chi connectivity index (χ4v) is 4.42. The molecule has 3 heterocycles. The van der Waals surface area contributed by atoms with Gasteiger partial charge in [0.1, 0.15) is 18.2 Å². The predicted molar refractivity (Wildman–Crippen MR) is 117 cm³/mol. The molecule has 0 bridgehead atoms. The van der Waals surface area contributed by atoms with Crippen molar-refractivity contribution in [3.05, 3.63) is 46.6 Å². The number of nitrogens with zero attached hydrogens (tertiary/aromatic N) is 4. The third-order valence-corrected chi connectivity index (χ3v) is 6.25. The van der Waals surface area contributed by atoms with Gasteiger partial charge in [-0.15, -0.1) is 11.3 Å². The predicted octanol–water partition coefficient (Wildman–Crippen LogP) is 1.54. The maximum Gasteiger partial charge on any atom is 0.261 e. The number of hydrogen-bond acceptors (Lipinski definition) is 8. The monoisotopic (exact) mass is 461 g/mol. The summed E-state index contributed by atoms with van der Waals surface area (Å²) in [5, 5.41) is 13.3. The van der Waals surface area contributed by atoms with Crippen LogP contribution in [0.4, 0.5) is 5.82 Å². The van der Waals surface area contributed by atoms with Crippen LogP contribution >= 0.6 is 22.9 Å². The Morgan fingerprint density at radius 2 is 2.16 bits per heavy atom. The lowest BCUT2D eigenvalue weighted by molar-refractivity contribution is -0.154. The van der Waals surface area contributed by atoms with E-state index in [-0.39, 0.29) is 18.4 Å². The number of hydrogen-bond donors (Lipinski definition) is 2. The Morgan fingerprint density at radius 1 is 1.32 bits per heavy atom. The number of rotatable bonds is 6. The Balaban J connectivity index is 1.42. The van der Waals surface area contributed by atoms with Gasteiger partial charge in [-0.1, -0.05) is 17.7 Å². The van der Waals surface area contributed by atoms with E-state index in [2.05, 4.69) is 9.97 Å². The van der Waals surface area contributed by atoms with Crippen molar-refractivity contribution in [3.8, 4) is 5.06 Å². The molecule has 1 atom stereocenters. The van der Waals surface area contributed by atoms with Gasteiger partial charge in [-0.2, -0.15) is 0 Å². The van der Waals surface area contributed by atoms with Crippen molar-refractivity contribution in [2.45, 2.75) is 12.6 Å². The van der Waals surface area contributed by atoms with Crippen LogP contribution in [0.5, 0.6) is 5.06 Å². The molecule has 0 spiro atoms. The first-order valence-corrected chi connectivity index (χ1v) is 10.8. The van der Waals surface area contributed by atoms with E-state index in [4.69, 9.17) is 22.1 Å². The summed E-state index contributed by atoms with van der Waals surface area (Å²) in [4.78, 5) is 36.7. The number of aliphatic hydroxyl groups is 1. The average Bonchev–Trinajstić information content (AvgIpc) is 3.18. The highest BCUT2D eigenvalue weighted by atomic mass is 35.5. The first kappa shape index (κ1) is 21.3. The molecule has 11 heteroatoms. The van der Waals surface area contributed by atoms with Crippen LogP contribution < -0.4 is 10.5 Å². The van der Waals surface area contributed by atoms with Gasteiger partial charge in [0.15, 0.2) is 11.7 Å². The van der Waals surface area contributed by atoms with Crippen molar-refractivity contribution in [2.24, 2.45) is 0 Å². The van der Waals surface area contributed by atoms with Crippen LogP contribution in [0, 0.1) is 0 Å². The second-order valence-corrected chi connectivity index (χ2v) is 8.34. The van der Waals surface area contributed by atoms with Crippen molar-refractivity contribution in [1.29, 1.82) is 0 Å². The summed E-state index contributed by atoms with van der Waals surface area (Å²) >= 11 is 7.13. The minimum Gasteiger partial charge on any atom is -0.474 e. The van der Waals surface area contributed by atoms with Crippen LogP contribution in [0.15, 0.2) is 36.0 Å². The van der Waals surface area contributed by atoms with E-state index in [1.807, 2.05) is 18.2 Å². The number of thiophene rings is 1. The number of piperazine rings is 1. The maximum atomic E-state index is 12.9. The lowest BCUT2D eigenvalue weighted by Crippen LogP contribution is -2.60. The Kier molecular flexibility index (Phi) is 6.21. The molecule has 0 saturated carbocycles. The zero-order valence-corrected chi connectivity index (χ0v) is 18.0. The highest BCUT2D eigenvalue weighted by Crippen LogP contribution is 2.26. The van der Waals surface area contributed by atoms with E-state index < -0.39 is 12.6 Å². The molecule has 3 N–H and O–H groups in total. The first-order chi connectivity index (χ1) is 15.0. The quantitative estimate of drug-likeness (QED) is 0.570. The van der Waals surface area contributed by atoms with Gasteiger partial charge < -0.3 is 25.4 Å². The van der Waals surface area contributed by atoms with Crippen molar-refractivity contribution >= 4 is 51.5 Å². The van der Waals surface area contributed by atoms with E-state index in [1.54, 1.807) is 16.3 Å². The first-order valence-electron chi connectivity index (χ1n) is 9.51. The molecular formula is C20H20ClN5O4S. The number of anilines is 1. The number of benzene rings is 1. The van der Waals surface area contributed by atoms with Gasteiger partial charge in [-0.25, -0.2) is 9.97 Å². The summed E-state index contributed by atoms with van der Waals surface area (Å²) in [5.74, 6) is -0.287. The van der Waals surface area contributed by atoms with Crippen LogP contribution in [0.2, 0.25) is 5.02 Å². The summed E-state index contributed by atoms with van der Waals surface area (Å²) < 4.78 is 5.46. The molecule has 0 radical (unpaired) electrons. The zero-order chi connectivity index (χ0) is 22.0. The number of carbonyl (C=O) groups is 2. The molecule has 3 aromatic rings. The van der Waals surface area contributed by atoms with Gasteiger partial charge in [0.2, 0.25) is 5.91 Å². The van der Waals surface area contributed by atoms with E-state index in [0.717, 1.165) is 10.9 Å². The molecular weight excluding hydrogens is 442 g/mol. The van der Waals surface area contributed by atoms with Crippen molar-refractivity contribution in [3.63, 3.8) is 0 Å². The topological polar surface area (TPSA) is 122 Å². The van der Waals surface area contributed by atoms with Crippen molar-refractivity contribution in [2.75, 3.05) is 32.0 Å². The third kappa shape index (κ3) is 4.55. The minimum atomic E-state index is -0.949. The molecule has 1 fully saturated rings. The lowest BCUT2D eigenvalue weighted by Gasteiger charge is -2.39.